The maximum absolute atomic E-state index is 13.5. The van der Waals surface area contributed by atoms with Crippen LogP contribution < -0.4 is 10.9 Å². The highest BCUT2D eigenvalue weighted by Crippen LogP contribution is 2.29. The number of fused-ring (bicyclic) bond motifs is 1. The molecule has 2 atom stereocenters. The molecule has 0 fully saturated rings. The molecule has 0 radical (unpaired) electrons. The summed E-state index contributed by atoms with van der Waals surface area (Å²) in [6, 6.07) is 23.8. The third-order valence-electron chi connectivity index (χ3n) is 5.87. The summed E-state index contributed by atoms with van der Waals surface area (Å²) in [4.78, 5) is 26.8. The minimum absolute atomic E-state index is 0.222. The summed E-state index contributed by atoms with van der Waals surface area (Å²) in [5, 5.41) is 2.09. The molecule has 5 nitrogen and oxygen atoms in total. The predicted molar refractivity (Wildman–Crippen MR) is 148 cm³/mol. The van der Waals surface area contributed by atoms with Gasteiger partial charge in [0.2, 0.25) is 5.91 Å². The van der Waals surface area contributed by atoms with Gasteiger partial charge in [0.1, 0.15) is 5.60 Å². The Kier molecular flexibility index (Phi) is 9.29. The molecule has 5 heteroatoms. The summed E-state index contributed by atoms with van der Waals surface area (Å²) in [7, 11) is 0. The van der Waals surface area contributed by atoms with Gasteiger partial charge >= 0.3 is 5.97 Å². The minimum Gasteiger partial charge on any atom is -0.460 e. The number of hydrogen-bond acceptors (Lipinski definition) is 4. The Morgan fingerprint density at radius 3 is 2.25 bits per heavy atom. The molecule has 36 heavy (non-hydrogen) atoms. The van der Waals surface area contributed by atoms with E-state index in [1.807, 2.05) is 106 Å². The second-order valence-electron chi connectivity index (χ2n) is 10.6. The van der Waals surface area contributed by atoms with Crippen molar-refractivity contribution >= 4 is 34.4 Å². The van der Waals surface area contributed by atoms with Gasteiger partial charge in [0, 0.05) is 5.39 Å². The third kappa shape index (κ3) is 7.98. The van der Waals surface area contributed by atoms with Gasteiger partial charge < -0.3 is 4.74 Å². The monoisotopic (exact) mass is 486 g/mol. The van der Waals surface area contributed by atoms with Gasteiger partial charge in [-0.25, -0.2) is 0 Å². The number of allylic oxidation sites excluding steroid dienone is 1. The van der Waals surface area contributed by atoms with Crippen molar-refractivity contribution in [2.45, 2.75) is 53.1 Å². The molecular formula is C31H38N2O3. The van der Waals surface area contributed by atoms with Crippen LogP contribution in [-0.2, 0) is 14.3 Å². The normalized spacial score (nSPS) is 13.5. The highest BCUT2D eigenvalue weighted by Gasteiger charge is 2.36. The van der Waals surface area contributed by atoms with Crippen LogP contribution >= 0.6 is 0 Å². The second-order valence-corrected chi connectivity index (χ2v) is 10.6. The molecule has 0 bridgehead atoms. The van der Waals surface area contributed by atoms with Crippen molar-refractivity contribution in [2.24, 2.45) is 17.8 Å². The molecule has 3 aromatic rings. The smallest absolute Gasteiger partial charge is 0.310 e. The van der Waals surface area contributed by atoms with Crippen LogP contribution in [0.2, 0.25) is 0 Å². The van der Waals surface area contributed by atoms with Gasteiger partial charge in [-0.1, -0.05) is 92.7 Å². The SMILES string of the molecule is CC(C)C[C@H](C(=O)NNc1cccc2ccccc12)[C@H](CC=Cc1ccccc1)C(=O)OC(C)(C)C. The van der Waals surface area contributed by atoms with Gasteiger partial charge in [0.25, 0.3) is 0 Å². The largest absolute Gasteiger partial charge is 0.460 e. The van der Waals surface area contributed by atoms with Gasteiger partial charge in [0.15, 0.2) is 0 Å². The van der Waals surface area contributed by atoms with E-state index in [2.05, 4.69) is 24.7 Å². The Morgan fingerprint density at radius 2 is 1.56 bits per heavy atom. The van der Waals surface area contributed by atoms with Crippen molar-refractivity contribution in [3.05, 3.63) is 84.4 Å². The Morgan fingerprint density at radius 1 is 0.889 bits per heavy atom. The molecule has 0 aliphatic rings. The van der Waals surface area contributed by atoms with Gasteiger partial charge in [-0.15, -0.1) is 0 Å². The minimum atomic E-state index is -0.640. The fourth-order valence-corrected chi connectivity index (χ4v) is 4.24. The van der Waals surface area contributed by atoms with E-state index in [0.717, 1.165) is 22.0 Å². The van der Waals surface area contributed by atoms with E-state index < -0.39 is 17.4 Å². The van der Waals surface area contributed by atoms with Crippen molar-refractivity contribution < 1.29 is 14.3 Å². The summed E-state index contributed by atoms with van der Waals surface area (Å²) in [6.45, 7) is 9.67. The maximum Gasteiger partial charge on any atom is 0.310 e. The lowest BCUT2D eigenvalue weighted by Gasteiger charge is -2.29. The molecule has 0 saturated carbocycles. The van der Waals surface area contributed by atoms with Gasteiger partial charge in [-0.05, 0) is 56.5 Å². The van der Waals surface area contributed by atoms with Crippen LogP contribution in [0.3, 0.4) is 0 Å². The number of nitrogens with one attached hydrogen (secondary N) is 2. The summed E-state index contributed by atoms with van der Waals surface area (Å²) < 4.78 is 5.76. The standard InChI is InChI=1S/C31H38N2O3/c1-22(2)21-27(29(34)33-32-28-20-12-17-24-16-9-10-18-25(24)28)26(30(35)36-31(3,4)5)19-11-15-23-13-7-6-8-14-23/h6-18,20,22,26-27,32H,19,21H2,1-5H3,(H,33,34)/t26-,27-/m0/s1. The van der Waals surface area contributed by atoms with Crippen LogP contribution in [0.1, 0.15) is 53.0 Å². The van der Waals surface area contributed by atoms with E-state index in [-0.39, 0.29) is 17.8 Å². The predicted octanol–water partition coefficient (Wildman–Crippen LogP) is 7.01. The van der Waals surface area contributed by atoms with E-state index in [4.69, 9.17) is 4.74 Å². The summed E-state index contributed by atoms with van der Waals surface area (Å²) >= 11 is 0. The molecule has 0 heterocycles. The average Bonchev–Trinajstić information content (AvgIpc) is 2.83. The summed E-state index contributed by atoms with van der Waals surface area (Å²) in [5.41, 5.74) is 7.19. The molecule has 0 aliphatic heterocycles. The quantitative estimate of drug-likeness (QED) is 0.239. The molecule has 3 aromatic carbocycles. The first-order valence-corrected chi connectivity index (χ1v) is 12.6. The van der Waals surface area contributed by atoms with Crippen molar-refractivity contribution in [3.8, 4) is 0 Å². The molecule has 0 aliphatic carbocycles. The Balaban J connectivity index is 1.83. The van der Waals surface area contributed by atoms with Gasteiger partial charge in [0.05, 0.1) is 17.5 Å². The molecule has 0 aromatic heterocycles. The number of hydrazine groups is 1. The Labute approximate surface area is 214 Å². The first-order chi connectivity index (χ1) is 17.1. The number of hydrogen-bond donors (Lipinski definition) is 2. The number of esters is 1. The fourth-order valence-electron chi connectivity index (χ4n) is 4.24. The Hall–Kier alpha value is -3.60. The molecule has 0 spiro atoms. The number of amides is 1. The van der Waals surface area contributed by atoms with Crippen molar-refractivity contribution in [1.29, 1.82) is 0 Å². The highest BCUT2D eigenvalue weighted by molar-refractivity contribution is 5.95. The zero-order valence-electron chi connectivity index (χ0n) is 22.0. The topological polar surface area (TPSA) is 67.4 Å². The molecule has 0 saturated heterocycles. The first kappa shape index (κ1) is 27.0. The van der Waals surface area contributed by atoms with Crippen LogP contribution in [-0.4, -0.2) is 17.5 Å². The molecule has 2 N–H and O–H groups in total. The van der Waals surface area contributed by atoms with Crippen LogP contribution in [0.25, 0.3) is 16.8 Å². The zero-order chi connectivity index (χ0) is 26.1. The van der Waals surface area contributed by atoms with Crippen LogP contribution in [0.4, 0.5) is 5.69 Å². The highest BCUT2D eigenvalue weighted by atomic mass is 16.6. The van der Waals surface area contributed by atoms with Crippen molar-refractivity contribution in [1.82, 2.24) is 5.43 Å². The molecule has 1 amide bonds. The van der Waals surface area contributed by atoms with E-state index in [0.29, 0.717) is 12.8 Å². The lowest BCUT2D eigenvalue weighted by Crippen LogP contribution is -2.43. The maximum atomic E-state index is 13.5. The fraction of sp³-hybridized carbons (Fsp3) is 0.355. The molecule has 190 valence electrons. The number of benzene rings is 3. The van der Waals surface area contributed by atoms with Gasteiger partial charge in [-0.3, -0.25) is 20.4 Å². The number of carbonyl (C=O) groups excluding carboxylic acids is 2. The van der Waals surface area contributed by atoms with Crippen LogP contribution in [0.15, 0.2) is 78.9 Å². The lowest BCUT2D eigenvalue weighted by molar-refractivity contribution is -0.164. The Bertz CT molecular complexity index is 1170. The number of carbonyl (C=O) groups is 2. The average molecular weight is 487 g/mol. The summed E-state index contributed by atoms with van der Waals surface area (Å²) in [6.07, 6.45) is 4.91. The van der Waals surface area contributed by atoms with E-state index in [1.54, 1.807) is 0 Å². The van der Waals surface area contributed by atoms with Crippen LogP contribution in [0.5, 0.6) is 0 Å². The first-order valence-electron chi connectivity index (χ1n) is 12.6. The lowest BCUT2D eigenvalue weighted by atomic mass is 9.82. The number of anilines is 1. The molecular weight excluding hydrogens is 448 g/mol. The van der Waals surface area contributed by atoms with Crippen molar-refractivity contribution in [2.75, 3.05) is 5.43 Å². The van der Waals surface area contributed by atoms with E-state index in [1.165, 1.54) is 0 Å². The van der Waals surface area contributed by atoms with E-state index in [9.17, 15) is 9.59 Å². The zero-order valence-corrected chi connectivity index (χ0v) is 22.0. The number of rotatable bonds is 10. The summed E-state index contributed by atoms with van der Waals surface area (Å²) in [5.74, 6) is -1.52. The molecule has 0 unspecified atom stereocenters. The van der Waals surface area contributed by atoms with E-state index >= 15 is 0 Å². The number of ether oxygens (including phenoxy) is 1. The second kappa shape index (κ2) is 12.4. The van der Waals surface area contributed by atoms with Gasteiger partial charge in [-0.2, -0.15) is 0 Å². The van der Waals surface area contributed by atoms with Crippen molar-refractivity contribution in [3.63, 3.8) is 0 Å². The third-order valence-corrected chi connectivity index (χ3v) is 5.87. The molecule has 3 rings (SSSR count). The van der Waals surface area contributed by atoms with Crippen LogP contribution in [0, 0.1) is 17.8 Å².